The van der Waals surface area contributed by atoms with Gasteiger partial charge in [-0.05, 0) is 54.6 Å². The molecule has 3 heteroatoms. The number of hydrogen-bond donors (Lipinski definition) is 1. The first-order chi connectivity index (χ1) is 7.97. The first kappa shape index (κ1) is 11.0. The van der Waals surface area contributed by atoms with Crippen molar-refractivity contribution in [2.24, 2.45) is 11.3 Å². The largest absolute Gasteiger partial charge is 0.331 e. The van der Waals surface area contributed by atoms with Gasteiger partial charge in [0.2, 0.25) is 0 Å². The molecule has 1 aromatic heterocycles. The third-order valence-corrected chi connectivity index (χ3v) is 4.37. The summed E-state index contributed by atoms with van der Waals surface area (Å²) in [7, 11) is 0. The van der Waals surface area contributed by atoms with Crippen molar-refractivity contribution in [1.82, 2.24) is 9.55 Å². The molecule has 0 amide bonds. The topological polar surface area (TPSA) is 20.7 Å². The van der Waals surface area contributed by atoms with Crippen molar-refractivity contribution < 1.29 is 0 Å². The van der Waals surface area contributed by atoms with Crippen LogP contribution in [0.15, 0.2) is 18.2 Å². The van der Waals surface area contributed by atoms with Gasteiger partial charge in [0.05, 0.1) is 11.0 Å². The maximum absolute atomic E-state index is 5.42. The molecular weight excluding hydrogens is 228 g/mol. The van der Waals surface area contributed by atoms with E-state index in [1.807, 2.05) is 0 Å². The van der Waals surface area contributed by atoms with Crippen LogP contribution in [0.3, 0.4) is 0 Å². The number of rotatable bonds is 2. The molecule has 1 aromatic carbocycles. The van der Waals surface area contributed by atoms with Crippen LogP contribution in [0.25, 0.3) is 11.0 Å². The number of imidazole rings is 1. The number of aromatic amines is 1. The Hall–Kier alpha value is -1.09. The summed E-state index contributed by atoms with van der Waals surface area (Å²) in [6.45, 7) is 7.85. The molecule has 0 bridgehead atoms. The minimum absolute atomic E-state index is 0.502. The van der Waals surface area contributed by atoms with E-state index >= 15 is 0 Å². The number of aromatic nitrogens is 2. The molecule has 1 atom stereocenters. The van der Waals surface area contributed by atoms with E-state index in [0.29, 0.717) is 5.41 Å². The lowest BCUT2D eigenvalue weighted by Crippen LogP contribution is -2.03. The van der Waals surface area contributed by atoms with Crippen LogP contribution in [-0.2, 0) is 6.54 Å². The average molecular weight is 246 g/mol. The SMILES string of the molecule is Cc1ccc2[nH]c(=S)n(CC3CC3(C)C)c2c1. The van der Waals surface area contributed by atoms with Crippen molar-refractivity contribution >= 4 is 23.3 Å². The number of nitrogens with zero attached hydrogens (tertiary/aromatic N) is 1. The van der Waals surface area contributed by atoms with E-state index in [4.69, 9.17) is 12.2 Å². The molecule has 3 rings (SSSR count). The predicted molar refractivity (Wildman–Crippen MR) is 73.7 cm³/mol. The van der Waals surface area contributed by atoms with E-state index in [1.54, 1.807) is 0 Å². The molecule has 1 N–H and O–H groups in total. The monoisotopic (exact) mass is 246 g/mol. The molecule has 1 heterocycles. The van der Waals surface area contributed by atoms with Crippen LogP contribution >= 0.6 is 12.2 Å². The fourth-order valence-electron chi connectivity index (χ4n) is 2.55. The molecule has 0 saturated heterocycles. The zero-order valence-corrected chi connectivity index (χ0v) is 11.4. The van der Waals surface area contributed by atoms with Crippen molar-refractivity contribution in [3.63, 3.8) is 0 Å². The highest BCUT2D eigenvalue weighted by Gasteiger charge is 2.45. The van der Waals surface area contributed by atoms with Gasteiger partial charge in [-0.15, -0.1) is 0 Å². The van der Waals surface area contributed by atoms with Crippen molar-refractivity contribution in [1.29, 1.82) is 0 Å². The van der Waals surface area contributed by atoms with Crippen LogP contribution < -0.4 is 0 Å². The standard InChI is InChI=1S/C14H18N2S/c1-9-4-5-11-12(6-9)16(13(17)15-11)8-10-7-14(10,2)3/h4-6,10H,7-8H2,1-3H3,(H,15,17). The van der Waals surface area contributed by atoms with E-state index in [-0.39, 0.29) is 0 Å². The molecule has 1 unspecified atom stereocenters. The molecule has 0 spiro atoms. The molecule has 0 aliphatic heterocycles. The predicted octanol–water partition coefficient (Wildman–Crippen LogP) is 4.05. The first-order valence-electron chi connectivity index (χ1n) is 6.16. The van der Waals surface area contributed by atoms with E-state index < -0.39 is 0 Å². The van der Waals surface area contributed by atoms with Crippen molar-refractivity contribution in [3.8, 4) is 0 Å². The Balaban J connectivity index is 2.06. The quantitative estimate of drug-likeness (QED) is 0.793. The van der Waals surface area contributed by atoms with E-state index in [2.05, 4.69) is 48.5 Å². The van der Waals surface area contributed by atoms with E-state index in [1.165, 1.54) is 17.5 Å². The van der Waals surface area contributed by atoms with Crippen LogP contribution in [0.2, 0.25) is 0 Å². The second kappa shape index (κ2) is 3.45. The molecule has 0 radical (unpaired) electrons. The summed E-state index contributed by atoms with van der Waals surface area (Å²) in [5.74, 6) is 0.772. The van der Waals surface area contributed by atoms with E-state index in [0.717, 1.165) is 22.8 Å². The zero-order chi connectivity index (χ0) is 12.2. The fourth-order valence-corrected chi connectivity index (χ4v) is 2.84. The van der Waals surface area contributed by atoms with Crippen LogP contribution in [0.5, 0.6) is 0 Å². The minimum Gasteiger partial charge on any atom is -0.331 e. The molecular formula is C14H18N2S. The highest BCUT2D eigenvalue weighted by atomic mass is 32.1. The van der Waals surface area contributed by atoms with Crippen molar-refractivity contribution in [2.75, 3.05) is 0 Å². The third-order valence-electron chi connectivity index (χ3n) is 4.05. The lowest BCUT2D eigenvalue weighted by molar-refractivity contribution is 0.502. The number of hydrogen-bond acceptors (Lipinski definition) is 1. The summed E-state index contributed by atoms with van der Waals surface area (Å²) in [6.07, 6.45) is 1.31. The number of nitrogens with one attached hydrogen (secondary N) is 1. The summed E-state index contributed by atoms with van der Waals surface area (Å²) >= 11 is 5.42. The Labute approximate surface area is 107 Å². The summed E-state index contributed by atoms with van der Waals surface area (Å²) < 4.78 is 3.12. The Morgan fingerprint density at radius 3 is 2.82 bits per heavy atom. The van der Waals surface area contributed by atoms with Gasteiger partial charge in [0.25, 0.3) is 0 Å². The lowest BCUT2D eigenvalue weighted by Gasteiger charge is -2.06. The van der Waals surface area contributed by atoms with Gasteiger partial charge < -0.3 is 9.55 Å². The molecule has 1 fully saturated rings. The van der Waals surface area contributed by atoms with Gasteiger partial charge in [0.1, 0.15) is 0 Å². The first-order valence-corrected chi connectivity index (χ1v) is 6.57. The molecule has 17 heavy (non-hydrogen) atoms. The van der Waals surface area contributed by atoms with Crippen LogP contribution in [0.1, 0.15) is 25.8 Å². The Kier molecular flexibility index (Phi) is 2.24. The third kappa shape index (κ3) is 1.82. The summed E-state index contributed by atoms with van der Waals surface area (Å²) in [4.78, 5) is 3.29. The Morgan fingerprint density at radius 1 is 1.47 bits per heavy atom. The van der Waals surface area contributed by atoms with Gasteiger partial charge in [-0.25, -0.2) is 0 Å². The normalized spacial score (nSPS) is 21.9. The van der Waals surface area contributed by atoms with Gasteiger partial charge in [0.15, 0.2) is 4.77 Å². The number of aryl methyl sites for hydroxylation is 1. The van der Waals surface area contributed by atoms with Crippen molar-refractivity contribution in [2.45, 2.75) is 33.7 Å². The number of benzene rings is 1. The van der Waals surface area contributed by atoms with Gasteiger partial charge in [-0.1, -0.05) is 19.9 Å². The van der Waals surface area contributed by atoms with Gasteiger partial charge in [-0.3, -0.25) is 0 Å². The lowest BCUT2D eigenvalue weighted by atomic mass is 10.1. The molecule has 2 aromatic rings. The summed E-state index contributed by atoms with van der Waals surface area (Å²) in [5.41, 5.74) is 4.19. The van der Waals surface area contributed by atoms with E-state index in [9.17, 15) is 0 Å². The Morgan fingerprint density at radius 2 is 2.18 bits per heavy atom. The van der Waals surface area contributed by atoms with Crippen molar-refractivity contribution in [3.05, 3.63) is 28.5 Å². The highest BCUT2D eigenvalue weighted by Crippen LogP contribution is 2.52. The average Bonchev–Trinajstić information content (AvgIpc) is 2.73. The molecule has 2 nitrogen and oxygen atoms in total. The second-order valence-corrected chi connectivity index (χ2v) is 6.34. The smallest absolute Gasteiger partial charge is 0.178 e. The number of H-pyrrole nitrogens is 1. The minimum atomic E-state index is 0.502. The maximum Gasteiger partial charge on any atom is 0.178 e. The second-order valence-electron chi connectivity index (χ2n) is 5.95. The van der Waals surface area contributed by atoms with Gasteiger partial charge >= 0.3 is 0 Å². The van der Waals surface area contributed by atoms with Crippen LogP contribution in [0, 0.1) is 23.0 Å². The maximum atomic E-state index is 5.42. The number of fused-ring (bicyclic) bond motifs is 1. The van der Waals surface area contributed by atoms with Gasteiger partial charge in [-0.2, -0.15) is 0 Å². The van der Waals surface area contributed by atoms with Gasteiger partial charge in [0, 0.05) is 6.54 Å². The molecule has 1 aliphatic carbocycles. The Bertz CT molecular complexity index is 633. The highest BCUT2D eigenvalue weighted by molar-refractivity contribution is 7.71. The molecule has 1 aliphatic rings. The fraction of sp³-hybridized carbons (Fsp3) is 0.500. The molecule has 1 saturated carbocycles. The molecule has 90 valence electrons. The zero-order valence-electron chi connectivity index (χ0n) is 10.6. The van der Waals surface area contributed by atoms with Crippen LogP contribution in [-0.4, -0.2) is 9.55 Å². The summed E-state index contributed by atoms with van der Waals surface area (Å²) in [5, 5.41) is 0. The van der Waals surface area contributed by atoms with Crippen LogP contribution in [0.4, 0.5) is 0 Å². The summed E-state index contributed by atoms with van der Waals surface area (Å²) in [6, 6.07) is 6.46.